The Labute approximate surface area is 115 Å². The summed E-state index contributed by atoms with van der Waals surface area (Å²) < 4.78 is 0. The van der Waals surface area contributed by atoms with Gasteiger partial charge in [0, 0.05) is 25.5 Å². The number of halogens is 1. The molecule has 0 aromatic carbocycles. The van der Waals surface area contributed by atoms with E-state index in [1.54, 1.807) is 31.1 Å². The second-order valence-electron chi connectivity index (χ2n) is 4.48. The Morgan fingerprint density at radius 1 is 1.67 bits per heavy atom. The van der Waals surface area contributed by atoms with Crippen LogP contribution in [-0.2, 0) is 11.3 Å². The first kappa shape index (κ1) is 13.6. The van der Waals surface area contributed by atoms with E-state index in [9.17, 15) is 9.90 Å². The van der Waals surface area contributed by atoms with Crippen LogP contribution in [-0.4, -0.2) is 45.1 Å². The van der Waals surface area contributed by atoms with E-state index in [0.717, 1.165) is 11.3 Å². The lowest BCUT2D eigenvalue weighted by atomic mass is 10.0. The zero-order chi connectivity index (χ0) is 13.2. The Morgan fingerprint density at radius 2 is 2.44 bits per heavy atom. The molecule has 0 radical (unpaired) electrons. The number of amides is 1. The van der Waals surface area contributed by atoms with Gasteiger partial charge >= 0.3 is 0 Å². The van der Waals surface area contributed by atoms with Crippen molar-refractivity contribution >= 4 is 29.3 Å². The third-order valence-corrected chi connectivity index (χ3v) is 4.35. The fourth-order valence-electron chi connectivity index (χ4n) is 1.92. The number of thioether (sulfide) groups is 1. The van der Waals surface area contributed by atoms with E-state index in [-0.39, 0.29) is 5.91 Å². The van der Waals surface area contributed by atoms with E-state index in [1.165, 1.54) is 4.90 Å². The molecule has 1 aromatic heterocycles. The number of hydrogen-bond donors (Lipinski definition) is 1. The predicted octanol–water partition coefficient (Wildman–Crippen LogP) is 1.56. The number of nitrogens with zero attached hydrogens (tertiary/aromatic N) is 2. The van der Waals surface area contributed by atoms with Crippen LogP contribution in [0, 0.1) is 0 Å². The van der Waals surface area contributed by atoms with Gasteiger partial charge in [-0.3, -0.25) is 4.79 Å². The molecule has 0 bridgehead atoms. The van der Waals surface area contributed by atoms with E-state index in [1.807, 2.05) is 6.07 Å². The SMILES string of the molecule is CN(Cc1ccc(Cl)nc1)C(=O)C1(O)CCSC1. The lowest BCUT2D eigenvalue weighted by molar-refractivity contribution is -0.147. The first-order chi connectivity index (χ1) is 8.51. The van der Waals surface area contributed by atoms with Crippen molar-refractivity contribution in [3.05, 3.63) is 29.0 Å². The van der Waals surface area contributed by atoms with Crippen molar-refractivity contribution in [1.82, 2.24) is 9.88 Å². The van der Waals surface area contributed by atoms with Crippen LogP contribution < -0.4 is 0 Å². The largest absolute Gasteiger partial charge is 0.379 e. The number of aliphatic hydroxyl groups is 1. The van der Waals surface area contributed by atoms with Crippen molar-refractivity contribution in [1.29, 1.82) is 0 Å². The van der Waals surface area contributed by atoms with Crippen LogP contribution in [0.25, 0.3) is 0 Å². The van der Waals surface area contributed by atoms with Crippen molar-refractivity contribution in [2.45, 2.75) is 18.6 Å². The van der Waals surface area contributed by atoms with Gasteiger partial charge in [0.25, 0.3) is 5.91 Å². The van der Waals surface area contributed by atoms with Gasteiger partial charge < -0.3 is 10.0 Å². The molecule has 6 heteroatoms. The molecule has 1 aliphatic heterocycles. The number of likely N-dealkylation sites (N-methyl/N-ethyl adjacent to an activating group) is 1. The number of carbonyl (C=O) groups is 1. The van der Waals surface area contributed by atoms with Gasteiger partial charge in [0.1, 0.15) is 5.15 Å². The van der Waals surface area contributed by atoms with Crippen molar-refractivity contribution in [2.24, 2.45) is 0 Å². The lowest BCUT2D eigenvalue weighted by Gasteiger charge is -2.27. The monoisotopic (exact) mass is 286 g/mol. The van der Waals surface area contributed by atoms with E-state index in [0.29, 0.717) is 23.9 Å². The maximum Gasteiger partial charge on any atom is 0.255 e. The summed E-state index contributed by atoms with van der Waals surface area (Å²) in [6.45, 7) is 0.427. The molecule has 0 spiro atoms. The van der Waals surface area contributed by atoms with Crippen LogP contribution >= 0.6 is 23.4 Å². The van der Waals surface area contributed by atoms with Crippen LogP contribution in [0.3, 0.4) is 0 Å². The molecule has 0 saturated carbocycles. The molecule has 18 heavy (non-hydrogen) atoms. The Kier molecular flexibility index (Phi) is 4.14. The molecule has 2 heterocycles. The fourth-order valence-corrected chi connectivity index (χ4v) is 3.27. The van der Waals surface area contributed by atoms with Crippen LogP contribution in [0.1, 0.15) is 12.0 Å². The van der Waals surface area contributed by atoms with Gasteiger partial charge in [0.2, 0.25) is 0 Å². The van der Waals surface area contributed by atoms with Gasteiger partial charge in [0.15, 0.2) is 5.60 Å². The molecule has 98 valence electrons. The van der Waals surface area contributed by atoms with Gasteiger partial charge in [-0.1, -0.05) is 17.7 Å². The van der Waals surface area contributed by atoms with Crippen LogP contribution in [0.4, 0.5) is 0 Å². The van der Waals surface area contributed by atoms with E-state index in [2.05, 4.69) is 4.98 Å². The van der Waals surface area contributed by atoms with Crippen molar-refractivity contribution in [2.75, 3.05) is 18.6 Å². The summed E-state index contributed by atoms with van der Waals surface area (Å²) in [5.41, 5.74) is -0.302. The van der Waals surface area contributed by atoms with Crippen molar-refractivity contribution in [3.63, 3.8) is 0 Å². The molecular weight excluding hydrogens is 272 g/mol. The molecule has 1 amide bonds. The van der Waals surface area contributed by atoms with Gasteiger partial charge in [0.05, 0.1) is 0 Å². The predicted molar refractivity (Wildman–Crippen MR) is 72.6 cm³/mol. The minimum atomic E-state index is -1.20. The molecule has 1 aliphatic rings. The lowest BCUT2D eigenvalue weighted by Crippen LogP contribution is -2.47. The van der Waals surface area contributed by atoms with Gasteiger partial charge in [-0.25, -0.2) is 4.98 Å². The van der Waals surface area contributed by atoms with Crippen molar-refractivity contribution < 1.29 is 9.90 Å². The highest BCUT2D eigenvalue weighted by molar-refractivity contribution is 7.99. The Balaban J connectivity index is 2.01. The molecule has 1 fully saturated rings. The highest BCUT2D eigenvalue weighted by Gasteiger charge is 2.41. The zero-order valence-electron chi connectivity index (χ0n) is 10.1. The number of aromatic nitrogens is 1. The van der Waals surface area contributed by atoms with Crippen molar-refractivity contribution in [3.8, 4) is 0 Å². The second kappa shape index (κ2) is 5.47. The summed E-state index contributed by atoms with van der Waals surface area (Å²) in [4.78, 5) is 17.7. The molecule has 1 saturated heterocycles. The maximum atomic E-state index is 12.2. The second-order valence-corrected chi connectivity index (χ2v) is 5.98. The Bertz CT molecular complexity index is 432. The smallest absolute Gasteiger partial charge is 0.255 e. The first-order valence-corrected chi connectivity index (χ1v) is 7.21. The minimum absolute atomic E-state index is 0.220. The quantitative estimate of drug-likeness (QED) is 0.857. The molecule has 4 nitrogen and oxygen atoms in total. The molecule has 1 unspecified atom stereocenters. The standard InChI is InChI=1S/C12H15ClN2O2S/c1-15(7-9-2-3-10(13)14-6-9)11(16)12(17)4-5-18-8-12/h2-3,6,17H,4-5,7-8H2,1H3. The highest BCUT2D eigenvalue weighted by atomic mass is 35.5. The molecule has 1 aromatic rings. The molecule has 2 rings (SSSR count). The minimum Gasteiger partial charge on any atom is -0.379 e. The van der Waals surface area contributed by atoms with Crippen LogP contribution in [0.5, 0.6) is 0 Å². The van der Waals surface area contributed by atoms with Gasteiger partial charge in [-0.2, -0.15) is 11.8 Å². The normalized spacial score (nSPS) is 23.1. The average molecular weight is 287 g/mol. The fraction of sp³-hybridized carbons (Fsp3) is 0.500. The summed E-state index contributed by atoms with van der Waals surface area (Å²) >= 11 is 7.31. The summed E-state index contributed by atoms with van der Waals surface area (Å²) in [5.74, 6) is 1.09. The van der Waals surface area contributed by atoms with Gasteiger partial charge in [-0.05, 0) is 23.8 Å². The Morgan fingerprint density at radius 3 is 3.00 bits per heavy atom. The topological polar surface area (TPSA) is 53.4 Å². The molecular formula is C12H15ClN2O2S. The molecule has 1 N–H and O–H groups in total. The summed E-state index contributed by atoms with van der Waals surface area (Å²) in [6, 6.07) is 3.52. The third-order valence-electron chi connectivity index (χ3n) is 2.95. The third kappa shape index (κ3) is 2.96. The average Bonchev–Trinajstić information content (AvgIpc) is 2.79. The number of carbonyl (C=O) groups excluding carboxylic acids is 1. The van der Waals surface area contributed by atoms with E-state index in [4.69, 9.17) is 11.6 Å². The number of pyridine rings is 1. The Hall–Kier alpha value is -0.780. The van der Waals surface area contributed by atoms with E-state index < -0.39 is 5.60 Å². The molecule has 1 atom stereocenters. The maximum absolute atomic E-state index is 12.2. The zero-order valence-corrected chi connectivity index (χ0v) is 11.7. The van der Waals surface area contributed by atoms with Crippen LogP contribution in [0.15, 0.2) is 18.3 Å². The first-order valence-electron chi connectivity index (χ1n) is 5.67. The summed E-state index contributed by atoms with van der Waals surface area (Å²) in [6.07, 6.45) is 2.17. The van der Waals surface area contributed by atoms with E-state index >= 15 is 0 Å². The van der Waals surface area contributed by atoms with Crippen LogP contribution in [0.2, 0.25) is 5.15 Å². The molecule has 0 aliphatic carbocycles. The number of hydrogen-bond acceptors (Lipinski definition) is 4. The highest BCUT2D eigenvalue weighted by Crippen LogP contribution is 2.29. The summed E-state index contributed by atoms with van der Waals surface area (Å²) in [7, 11) is 1.69. The van der Waals surface area contributed by atoms with Gasteiger partial charge in [-0.15, -0.1) is 0 Å². The summed E-state index contributed by atoms with van der Waals surface area (Å²) in [5, 5.41) is 10.6. The number of rotatable bonds is 3.